The van der Waals surface area contributed by atoms with Gasteiger partial charge in [0.05, 0.1) is 30.5 Å². The summed E-state index contributed by atoms with van der Waals surface area (Å²) >= 11 is 1.71. The number of aromatic nitrogens is 1. The molecule has 1 aromatic rings. The first-order valence-corrected chi connectivity index (χ1v) is 7.70. The molecule has 3 rings (SSSR count). The molecule has 1 N–H and O–H groups in total. The maximum Gasteiger partial charge on any atom is 0.116 e. The van der Waals surface area contributed by atoms with Crippen LogP contribution in [0.5, 0.6) is 0 Å². The molecule has 19 heavy (non-hydrogen) atoms. The maximum atomic E-state index is 6.01. The van der Waals surface area contributed by atoms with E-state index in [-0.39, 0.29) is 5.60 Å². The summed E-state index contributed by atoms with van der Waals surface area (Å²) in [7, 11) is 0. The van der Waals surface area contributed by atoms with Gasteiger partial charge in [-0.3, -0.25) is 4.90 Å². The summed E-state index contributed by atoms with van der Waals surface area (Å²) in [5.74, 6) is 0. The monoisotopic (exact) mass is 283 g/mol. The van der Waals surface area contributed by atoms with Gasteiger partial charge in [0.1, 0.15) is 5.60 Å². The first-order chi connectivity index (χ1) is 9.26. The molecular weight excluding hydrogens is 262 g/mol. The van der Waals surface area contributed by atoms with Crippen LogP contribution in [0, 0.1) is 6.92 Å². The van der Waals surface area contributed by atoms with Crippen LogP contribution in [0.25, 0.3) is 0 Å². The molecule has 0 unspecified atom stereocenters. The van der Waals surface area contributed by atoms with Crippen molar-refractivity contribution in [1.82, 2.24) is 15.2 Å². The van der Waals surface area contributed by atoms with Crippen molar-refractivity contribution in [2.24, 2.45) is 0 Å². The highest BCUT2D eigenvalue weighted by molar-refractivity contribution is 7.09. The third-order valence-electron chi connectivity index (χ3n) is 3.62. The van der Waals surface area contributed by atoms with Gasteiger partial charge in [0.2, 0.25) is 0 Å². The number of aryl methyl sites for hydroxylation is 1. The van der Waals surface area contributed by atoms with E-state index in [4.69, 9.17) is 9.47 Å². The second-order valence-corrected chi connectivity index (χ2v) is 6.39. The van der Waals surface area contributed by atoms with Crippen LogP contribution >= 0.6 is 11.3 Å². The number of rotatable bonds is 2. The second kappa shape index (κ2) is 5.85. The maximum absolute atomic E-state index is 6.01. The van der Waals surface area contributed by atoms with Crippen molar-refractivity contribution in [3.05, 3.63) is 16.1 Å². The van der Waals surface area contributed by atoms with E-state index in [9.17, 15) is 0 Å². The second-order valence-electron chi connectivity index (χ2n) is 5.33. The largest absolute Gasteiger partial charge is 0.377 e. The van der Waals surface area contributed by atoms with Gasteiger partial charge in [0, 0.05) is 38.1 Å². The van der Waals surface area contributed by atoms with E-state index < -0.39 is 0 Å². The molecule has 1 aromatic heterocycles. The van der Waals surface area contributed by atoms with E-state index in [0.29, 0.717) is 6.61 Å². The number of ether oxygens (including phenoxy) is 2. The SMILES string of the molecule is Cc1nc(CN2CCOC[C@@]3(CNCCO3)C2)cs1. The van der Waals surface area contributed by atoms with E-state index in [2.05, 4.69) is 27.5 Å². The Bertz CT molecular complexity index is 418. The number of hydrogen-bond donors (Lipinski definition) is 1. The Labute approximate surface area is 117 Å². The lowest BCUT2D eigenvalue weighted by Crippen LogP contribution is -2.57. The summed E-state index contributed by atoms with van der Waals surface area (Å²) < 4.78 is 11.7. The lowest BCUT2D eigenvalue weighted by molar-refractivity contribution is -0.108. The molecule has 2 fully saturated rings. The van der Waals surface area contributed by atoms with Crippen LogP contribution in [0.2, 0.25) is 0 Å². The Morgan fingerprint density at radius 2 is 2.47 bits per heavy atom. The molecule has 0 radical (unpaired) electrons. The van der Waals surface area contributed by atoms with E-state index in [0.717, 1.165) is 56.6 Å². The summed E-state index contributed by atoms with van der Waals surface area (Å²) in [6.07, 6.45) is 0. The molecule has 0 aliphatic carbocycles. The van der Waals surface area contributed by atoms with Gasteiger partial charge in [0.25, 0.3) is 0 Å². The van der Waals surface area contributed by atoms with E-state index in [1.54, 1.807) is 11.3 Å². The van der Waals surface area contributed by atoms with Gasteiger partial charge >= 0.3 is 0 Å². The van der Waals surface area contributed by atoms with Gasteiger partial charge in [-0.15, -0.1) is 11.3 Å². The van der Waals surface area contributed by atoms with Gasteiger partial charge in [-0.2, -0.15) is 0 Å². The Morgan fingerprint density at radius 1 is 1.53 bits per heavy atom. The van der Waals surface area contributed by atoms with Crippen molar-refractivity contribution in [3.8, 4) is 0 Å². The van der Waals surface area contributed by atoms with Crippen molar-refractivity contribution >= 4 is 11.3 Å². The zero-order chi connectivity index (χ0) is 13.1. The molecule has 2 aliphatic heterocycles. The minimum atomic E-state index is -0.181. The zero-order valence-electron chi connectivity index (χ0n) is 11.4. The molecule has 5 nitrogen and oxygen atoms in total. The molecule has 1 spiro atoms. The number of hydrogen-bond acceptors (Lipinski definition) is 6. The highest BCUT2D eigenvalue weighted by Crippen LogP contribution is 2.20. The van der Waals surface area contributed by atoms with Crippen LogP contribution in [-0.4, -0.2) is 61.5 Å². The van der Waals surface area contributed by atoms with Crippen molar-refractivity contribution in [3.63, 3.8) is 0 Å². The fourth-order valence-electron chi connectivity index (χ4n) is 2.73. The van der Waals surface area contributed by atoms with Gasteiger partial charge in [-0.05, 0) is 6.92 Å². The Balaban J connectivity index is 1.67. The molecule has 0 aromatic carbocycles. The topological polar surface area (TPSA) is 46.6 Å². The van der Waals surface area contributed by atoms with Crippen LogP contribution in [-0.2, 0) is 16.0 Å². The number of nitrogens with one attached hydrogen (secondary N) is 1. The van der Waals surface area contributed by atoms with Crippen LogP contribution in [0.3, 0.4) is 0 Å². The molecule has 0 saturated carbocycles. The molecule has 6 heteroatoms. The normalized spacial score (nSPS) is 29.5. The lowest BCUT2D eigenvalue weighted by Gasteiger charge is -2.38. The van der Waals surface area contributed by atoms with Crippen LogP contribution in [0.1, 0.15) is 10.7 Å². The molecule has 2 saturated heterocycles. The fourth-order valence-corrected chi connectivity index (χ4v) is 3.33. The minimum absolute atomic E-state index is 0.181. The van der Waals surface area contributed by atoms with Gasteiger partial charge < -0.3 is 14.8 Å². The molecule has 0 amide bonds. The van der Waals surface area contributed by atoms with E-state index >= 15 is 0 Å². The summed E-state index contributed by atoms with van der Waals surface area (Å²) in [5, 5.41) is 6.69. The number of morpholine rings is 1. The average Bonchev–Trinajstić information content (AvgIpc) is 2.71. The summed E-state index contributed by atoms with van der Waals surface area (Å²) in [6, 6.07) is 0. The van der Waals surface area contributed by atoms with Gasteiger partial charge in [-0.1, -0.05) is 0 Å². The average molecular weight is 283 g/mol. The predicted octanol–water partition coefficient (Wildman–Crippen LogP) is 0.642. The van der Waals surface area contributed by atoms with E-state index in [1.165, 1.54) is 0 Å². The van der Waals surface area contributed by atoms with Crippen LogP contribution < -0.4 is 5.32 Å². The minimum Gasteiger partial charge on any atom is -0.377 e. The van der Waals surface area contributed by atoms with Crippen molar-refractivity contribution < 1.29 is 9.47 Å². The molecule has 106 valence electrons. The van der Waals surface area contributed by atoms with Crippen molar-refractivity contribution in [2.45, 2.75) is 19.1 Å². The first kappa shape index (κ1) is 13.5. The number of thiazole rings is 1. The smallest absolute Gasteiger partial charge is 0.116 e. The molecule has 1 atom stereocenters. The van der Waals surface area contributed by atoms with Crippen molar-refractivity contribution in [1.29, 1.82) is 0 Å². The number of nitrogens with zero attached hydrogens (tertiary/aromatic N) is 2. The highest BCUT2D eigenvalue weighted by Gasteiger charge is 2.37. The first-order valence-electron chi connectivity index (χ1n) is 6.82. The summed E-state index contributed by atoms with van der Waals surface area (Å²) in [5.41, 5.74) is 0.975. The lowest BCUT2D eigenvalue weighted by atomic mass is 10.0. The van der Waals surface area contributed by atoms with Crippen molar-refractivity contribution in [2.75, 3.05) is 46.0 Å². The summed E-state index contributed by atoms with van der Waals surface area (Å²) in [4.78, 5) is 6.95. The van der Waals surface area contributed by atoms with Crippen LogP contribution in [0.4, 0.5) is 0 Å². The molecule has 0 bridgehead atoms. The van der Waals surface area contributed by atoms with Gasteiger partial charge in [0.15, 0.2) is 0 Å². The summed E-state index contributed by atoms with van der Waals surface area (Å²) in [6.45, 7) is 8.84. The third kappa shape index (κ3) is 3.32. The third-order valence-corrected chi connectivity index (χ3v) is 4.44. The fraction of sp³-hybridized carbons (Fsp3) is 0.769. The van der Waals surface area contributed by atoms with Gasteiger partial charge in [-0.25, -0.2) is 4.98 Å². The molecule has 3 heterocycles. The molecule has 2 aliphatic rings. The highest BCUT2D eigenvalue weighted by atomic mass is 32.1. The Morgan fingerprint density at radius 3 is 3.21 bits per heavy atom. The zero-order valence-corrected chi connectivity index (χ0v) is 12.2. The van der Waals surface area contributed by atoms with E-state index in [1.807, 2.05) is 0 Å². The standard InChI is InChI=1S/C13H21N3O2S/c1-11-15-12(7-19-11)6-16-3-5-17-10-13(9-16)8-14-2-4-18-13/h7,14H,2-6,8-10H2,1H3/t13-/m1/s1. The predicted molar refractivity (Wildman–Crippen MR) is 74.5 cm³/mol. The quantitative estimate of drug-likeness (QED) is 0.863. The van der Waals surface area contributed by atoms with Crippen LogP contribution in [0.15, 0.2) is 5.38 Å². The Hall–Kier alpha value is -0.530. The molecular formula is C13H21N3O2S. The Kier molecular flexibility index (Phi) is 4.14.